The molecule has 2 atom stereocenters. The summed E-state index contributed by atoms with van der Waals surface area (Å²) in [6.07, 6.45) is 1.53. The highest BCUT2D eigenvalue weighted by Crippen LogP contribution is 2.29. The summed E-state index contributed by atoms with van der Waals surface area (Å²) in [6.45, 7) is 5.01. The molecule has 0 spiro atoms. The van der Waals surface area contributed by atoms with Gasteiger partial charge in [0, 0.05) is 6.04 Å². The van der Waals surface area contributed by atoms with Gasteiger partial charge in [-0.3, -0.25) is 0 Å². The molecule has 0 aliphatic carbocycles. The molecule has 0 aliphatic heterocycles. The predicted octanol–water partition coefficient (Wildman–Crippen LogP) is 2.67. The van der Waals surface area contributed by atoms with Gasteiger partial charge in [0.1, 0.15) is 0 Å². The molecule has 3 N–H and O–H groups in total. The quantitative estimate of drug-likeness (QED) is 0.705. The van der Waals surface area contributed by atoms with E-state index in [1.807, 2.05) is 14.0 Å². The first-order chi connectivity index (χ1) is 8.47. The number of aromatic hydroxyl groups is 2. The molecule has 1 aromatic carbocycles. The summed E-state index contributed by atoms with van der Waals surface area (Å²) in [7, 11) is 1.98. The van der Waals surface area contributed by atoms with Crippen molar-refractivity contribution in [2.24, 2.45) is 0 Å². The number of nitrogens with zero attached hydrogens (tertiary/aromatic N) is 1. The smallest absolute Gasteiger partial charge is 0.157 e. The van der Waals surface area contributed by atoms with Gasteiger partial charge >= 0.3 is 0 Å². The second-order valence-electron chi connectivity index (χ2n) is 4.77. The fourth-order valence-electron chi connectivity index (χ4n) is 1.86. The molecule has 0 amide bonds. The number of halogens is 1. The van der Waals surface area contributed by atoms with E-state index in [9.17, 15) is 15.3 Å². The summed E-state index contributed by atoms with van der Waals surface area (Å²) in [5.41, 5.74) is 0.612. The van der Waals surface area contributed by atoms with Crippen LogP contribution in [0.1, 0.15) is 38.4 Å². The Morgan fingerprint density at radius 3 is 2.37 bits per heavy atom. The van der Waals surface area contributed by atoms with Crippen molar-refractivity contribution in [3.8, 4) is 11.5 Å². The first-order valence-electron chi connectivity index (χ1n) is 6.37. The number of benzene rings is 1. The molecular weight excluding hydrogens is 266 g/mol. The van der Waals surface area contributed by atoms with Crippen molar-refractivity contribution in [1.82, 2.24) is 4.90 Å². The van der Waals surface area contributed by atoms with Gasteiger partial charge in [-0.25, -0.2) is 0 Å². The van der Waals surface area contributed by atoms with Crippen LogP contribution in [0.2, 0.25) is 0 Å². The molecule has 0 fully saturated rings. The van der Waals surface area contributed by atoms with Gasteiger partial charge in [0.15, 0.2) is 11.5 Å². The third kappa shape index (κ3) is 4.90. The molecule has 0 aromatic heterocycles. The van der Waals surface area contributed by atoms with Gasteiger partial charge < -0.3 is 20.2 Å². The molecule has 0 saturated carbocycles. The van der Waals surface area contributed by atoms with Crippen molar-refractivity contribution in [2.75, 3.05) is 13.6 Å². The second-order valence-corrected chi connectivity index (χ2v) is 4.77. The van der Waals surface area contributed by atoms with Gasteiger partial charge in [0.05, 0.1) is 6.10 Å². The van der Waals surface area contributed by atoms with E-state index in [0.717, 1.165) is 19.4 Å². The van der Waals surface area contributed by atoms with Crippen molar-refractivity contribution < 1.29 is 15.3 Å². The van der Waals surface area contributed by atoms with Crippen LogP contribution in [0.5, 0.6) is 11.5 Å². The number of hydrogen-bond acceptors (Lipinski definition) is 4. The van der Waals surface area contributed by atoms with Crippen LogP contribution in [0, 0.1) is 0 Å². The van der Waals surface area contributed by atoms with E-state index in [-0.39, 0.29) is 29.9 Å². The fraction of sp³-hybridized carbons (Fsp3) is 0.571. The monoisotopic (exact) mass is 289 g/mol. The Morgan fingerprint density at radius 2 is 1.84 bits per heavy atom. The highest BCUT2D eigenvalue weighted by molar-refractivity contribution is 5.85. The number of phenols is 2. The van der Waals surface area contributed by atoms with E-state index in [1.165, 1.54) is 12.1 Å². The standard InChI is InChI=1S/C14H23NO3.ClH/c1-4-5-8-15(3)10(2)14(18)11-6-7-12(16)13(17)9-11;/h6-7,9-10,14,16-18H,4-5,8H2,1-3H3;1H. The van der Waals surface area contributed by atoms with Gasteiger partial charge in [-0.2, -0.15) is 0 Å². The summed E-state index contributed by atoms with van der Waals surface area (Å²) >= 11 is 0. The van der Waals surface area contributed by atoms with Crippen LogP contribution in [0.25, 0.3) is 0 Å². The van der Waals surface area contributed by atoms with Crippen LogP contribution in [-0.2, 0) is 0 Å². The second kappa shape index (κ2) is 8.25. The van der Waals surface area contributed by atoms with Gasteiger partial charge in [-0.15, -0.1) is 12.4 Å². The number of unbranched alkanes of at least 4 members (excludes halogenated alkanes) is 1. The Kier molecular flexibility index (Phi) is 7.83. The topological polar surface area (TPSA) is 63.9 Å². The highest BCUT2D eigenvalue weighted by atomic mass is 35.5. The Hall–Kier alpha value is -0.970. The number of rotatable bonds is 6. The fourth-order valence-corrected chi connectivity index (χ4v) is 1.86. The minimum absolute atomic E-state index is 0. The predicted molar refractivity (Wildman–Crippen MR) is 79.0 cm³/mol. The lowest BCUT2D eigenvalue weighted by Crippen LogP contribution is -2.35. The Bertz CT molecular complexity index is 387. The molecule has 5 heteroatoms. The average molecular weight is 290 g/mol. The third-order valence-electron chi connectivity index (χ3n) is 3.36. The zero-order valence-corrected chi connectivity index (χ0v) is 12.5. The molecule has 0 saturated heterocycles. The summed E-state index contributed by atoms with van der Waals surface area (Å²) < 4.78 is 0. The normalized spacial score (nSPS) is 13.9. The molecule has 0 aliphatic rings. The third-order valence-corrected chi connectivity index (χ3v) is 3.36. The van der Waals surface area contributed by atoms with Crippen molar-refractivity contribution in [2.45, 2.75) is 38.8 Å². The number of hydrogen-bond donors (Lipinski definition) is 3. The van der Waals surface area contributed by atoms with E-state index in [1.54, 1.807) is 6.07 Å². The molecule has 0 bridgehead atoms. The maximum Gasteiger partial charge on any atom is 0.157 e. The van der Waals surface area contributed by atoms with Crippen molar-refractivity contribution >= 4 is 12.4 Å². The number of aliphatic hydroxyl groups is 1. The number of likely N-dealkylation sites (N-methyl/N-ethyl adjacent to an activating group) is 1. The Balaban J connectivity index is 0.00000324. The van der Waals surface area contributed by atoms with Gasteiger partial charge in [0.25, 0.3) is 0 Å². The van der Waals surface area contributed by atoms with E-state index >= 15 is 0 Å². The summed E-state index contributed by atoms with van der Waals surface area (Å²) in [5, 5.41) is 28.9. The Labute approximate surface area is 121 Å². The van der Waals surface area contributed by atoms with Crippen molar-refractivity contribution in [1.29, 1.82) is 0 Å². The van der Waals surface area contributed by atoms with E-state index in [4.69, 9.17) is 0 Å². The first kappa shape index (κ1) is 18.0. The largest absolute Gasteiger partial charge is 0.504 e. The van der Waals surface area contributed by atoms with Crippen LogP contribution in [0.4, 0.5) is 0 Å². The molecule has 2 unspecified atom stereocenters. The van der Waals surface area contributed by atoms with E-state index < -0.39 is 6.10 Å². The SMILES string of the molecule is CCCCN(C)C(C)C(O)c1ccc(O)c(O)c1.Cl. The van der Waals surface area contributed by atoms with Crippen molar-refractivity contribution in [3.05, 3.63) is 23.8 Å². The maximum atomic E-state index is 10.2. The zero-order valence-electron chi connectivity index (χ0n) is 11.7. The molecule has 1 aromatic rings. The van der Waals surface area contributed by atoms with Crippen LogP contribution in [0.3, 0.4) is 0 Å². The molecular formula is C14H24ClNO3. The highest BCUT2D eigenvalue weighted by Gasteiger charge is 2.20. The molecule has 4 nitrogen and oxygen atoms in total. The lowest BCUT2D eigenvalue weighted by Gasteiger charge is -2.29. The molecule has 0 radical (unpaired) electrons. The lowest BCUT2D eigenvalue weighted by atomic mass is 10.0. The van der Waals surface area contributed by atoms with E-state index in [0.29, 0.717) is 5.56 Å². The van der Waals surface area contributed by atoms with Gasteiger partial charge in [-0.1, -0.05) is 19.4 Å². The number of phenolic OH excluding ortho intramolecular Hbond substituents is 2. The minimum Gasteiger partial charge on any atom is -0.504 e. The minimum atomic E-state index is -0.682. The molecule has 19 heavy (non-hydrogen) atoms. The zero-order chi connectivity index (χ0) is 13.7. The molecule has 1 rings (SSSR count). The Morgan fingerprint density at radius 1 is 1.21 bits per heavy atom. The van der Waals surface area contributed by atoms with Crippen LogP contribution >= 0.6 is 12.4 Å². The average Bonchev–Trinajstić information content (AvgIpc) is 2.37. The van der Waals surface area contributed by atoms with Crippen LogP contribution in [-0.4, -0.2) is 39.9 Å². The maximum absolute atomic E-state index is 10.2. The van der Waals surface area contributed by atoms with Crippen molar-refractivity contribution in [3.63, 3.8) is 0 Å². The number of aliphatic hydroxyl groups excluding tert-OH is 1. The van der Waals surface area contributed by atoms with E-state index in [2.05, 4.69) is 11.8 Å². The van der Waals surface area contributed by atoms with Crippen LogP contribution in [0.15, 0.2) is 18.2 Å². The van der Waals surface area contributed by atoms with Gasteiger partial charge in [0.2, 0.25) is 0 Å². The first-order valence-corrected chi connectivity index (χ1v) is 6.37. The van der Waals surface area contributed by atoms with Gasteiger partial charge in [-0.05, 0) is 44.6 Å². The summed E-state index contributed by atoms with van der Waals surface area (Å²) in [6, 6.07) is 4.39. The van der Waals surface area contributed by atoms with Crippen LogP contribution < -0.4 is 0 Å². The molecule has 0 heterocycles. The summed E-state index contributed by atoms with van der Waals surface area (Å²) in [4.78, 5) is 2.10. The lowest BCUT2D eigenvalue weighted by molar-refractivity contribution is 0.0717. The molecule has 110 valence electrons. The summed E-state index contributed by atoms with van der Waals surface area (Å²) in [5.74, 6) is -0.368.